The highest BCUT2D eigenvalue weighted by Crippen LogP contribution is 2.18. The van der Waals surface area contributed by atoms with Gasteiger partial charge >= 0.3 is 0 Å². The average Bonchev–Trinajstić information content (AvgIpc) is 2.60. The van der Waals surface area contributed by atoms with Gasteiger partial charge in [0.1, 0.15) is 0 Å². The van der Waals surface area contributed by atoms with Crippen molar-refractivity contribution in [3.63, 3.8) is 0 Å². The number of benzene rings is 2. The predicted octanol–water partition coefficient (Wildman–Crippen LogP) is 2.08. The molecule has 4 N–H and O–H groups in total. The average molecular weight is 325 g/mol. The van der Waals surface area contributed by atoms with E-state index in [1.54, 1.807) is 48.5 Å². The van der Waals surface area contributed by atoms with Crippen molar-refractivity contribution in [1.82, 2.24) is 0 Å². The van der Waals surface area contributed by atoms with Gasteiger partial charge in [0.15, 0.2) is 11.6 Å². The molecule has 0 atom stereocenters. The summed E-state index contributed by atoms with van der Waals surface area (Å²) in [5.74, 6) is -0.660. The van der Waals surface area contributed by atoms with Gasteiger partial charge in [0.25, 0.3) is 0 Å². The molecule has 0 heterocycles. The van der Waals surface area contributed by atoms with Gasteiger partial charge in [0.05, 0.1) is 18.8 Å². The third-order valence-corrected chi connectivity index (χ3v) is 3.43. The fraction of sp³-hybridized carbons (Fsp3) is 0.167. The topological polar surface area (TPSA) is 101 Å². The Morgan fingerprint density at radius 2 is 1.50 bits per heavy atom. The van der Waals surface area contributed by atoms with E-state index in [0.29, 0.717) is 22.5 Å². The monoisotopic (exact) mass is 325 g/mol. The van der Waals surface area contributed by atoms with Gasteiger partial charge in [0, 0.05) is 16.8 Å². The van der Waals surface area contributed by atoms with Crippen LogP contribution in [0.25, 0.3) is 0 Å². The van der Waals surface area contributed by atoms with Crippen LogP contribution in [0, 0.1) is 0 Å². The van der Waals surface area contributed by atoms with Gasteiger partial charge < -0.3 is 16.4 Å². The van der Waals surface area contributed by atoms with E-state index >= 15 is 0 Å². The third kappa shape index (κ3) is 4.27. The molecule has 24 heavy (non-hydrogen) atoms. The lowest BCUT2D eigenvalue weighted by Gasteiger charge is -2.12. The summed E-state index contributed by atoms with van der Waals surface area (Å²) in [6.07, 6.45) is 0. The lowest BCUT2D eigenvalue weighted by atomic mass is 10.1. The van der Waals surface area contributed by atoms with Gasteiger partial charge in [0.2, 0.25) is 5.91 Å². The van der Waals surface area contributed by atoms with E-state index in [0.717, 1.165) is 0 Å². The Morgan fingerprint density at radius 1 is 0.917 bits per heavy atom. The fourth-order valence-electron chi connectivity index (χ4n) is 2.25. The van der Waals surface area contributed by atoms with Crippen LogP contribution in [0.2, 0.25) is 0 Å². The van der Waals surface area contributed by atoms with E-state index in [4.69, 9.17) is 5.73 Å². The molecule has 0 saturated heterocycles. The minimum absolute atomic E-state index is 0.000196. The lowest BCUT2D eigenvalue weighted by molar-refractivity contribution is -0.114. The standard InChI is InChI=1S/C18H19N3O3/c1-12(22)13-6-2-4-8-15(13)20-11-17(23)14-7-3-5-9-16(14)21-18(24)10-19/h2-9,20H,10-11,19H2,1H3,(H,21,24). The van der Waals surface area contributed by atoms with Gasteiger partial charge in [-0.05, 0) is 31.2 Å². The molecule has 0 unspecified atom stereocenters. The summed E-state index contributed by atoms with van der Waals surface area (Å²) in [7, 11) is 0. The minimum Gasteiger partial charge on any atom is -0.377 e. The van der Waals surface area contributed by atoms with E-state index in [9.17, 15) is 14.4 Å². The zero-order chi connectivity index (χ0) is 17.5. The molecule has 0 aromatic heterocycles. The first kappa shape index (κ1) is 17.4. The number of para-hydroxylation sites is 2. The van der Waals surface area contributed by atoms with Crippen LogP contribution in [0.1, 0.15) is 27.6 Å². The molecule has 0 fully saturated rings. The molecule has 0 aliphatic rings. The van der Waals surface area contributed by atoms with Crippen LogP contribution in [-0.2, 0) is 4.79 Å². The number of hydrogen-bond acceptors (Lipinski definition) is 5. The maximum absolute atomic E-state index is 12.5. The van der Waals surface area contributed by atoms with Crippen LogP contribution in [0.3, 0.4) is 0 Å². The highest BCUT2D eigenvalue weighted by Gasteiger charge is 2.13. The first-order valence-electron chi connectivity index (χ1n) is 7.49. The quantitative estimate of drug-likeness (QED) is 0.677. The Morgan fingerprint density at radius 3 is 2.12 bits per heavy atom. The number of Topliss-reactive ketones (excluding diaryl/α,β-unsaturated/α-hetero) is 2. The second-order valence-electron chi connectivity index (χ2n) is 5.18. The van der Waals surface area contributed by atoms with E-state index in [1.807, 2.05) is 0 Å². The van der Waals surface area contributed by atoms with Gasteiger partial charge in [-0.2, -0.15) is 0 Å². The Hall–Kier alpha value is -2.99. The molecule has 0 aliphatic carbocycles. The van der Waals surface area contributed by atoms with Crippen molar-refractivity contribution in [2.24, 2.45) is 5.73 Å². The van der Waals surface area contributed by atoms with Gasteiger partial charge in [-0.3, -0.25) is 14.4 Å². The van der Waals surface area contributed by atoms with Crippen LogP contribution in [-0.4, -0.2) is 30.6 Å². The van der Waals surface area contributed by atoms with E-state index in [2.05, 4.69) is 10.6 Å². The number of rotatable bonds is 7. The molecular weight excluding hydrogens is 306 g/mol. The maximum Gasteiger partial charge on any atom is 0.238 e. The summed E-state index contributed by atoms with van der Waals surface area (Å²) >= 11 is 0. The summed E-state index contributed by atoms with van der Waals surface area (Å²) in [5, 5.41) is 5.58. The number of nitrogens with two attached hydrogens (primary N) is 1. The summed E-state index contributed by atoms with van der Waals surface area (Å²) in [6.45, 7) is 1.31. The largest absolute Gasteiger partial charge is 0.377 e. The molecule has 0 bridgehead atoms. The van der Waals surface area contributed by atoms with Crippen LogP contribution < -0.4 is 16.4 Å². The van der Waals surface area contributed by atoms with Crippen molar-refractivity contribution in [2.75, 3.05) is 23.7 Å². The molecule has 2 aromatic rings. The highest BCUT2D eigenvalue weighted by molar-refractivity contribution is 6.07. The zero-order valence-corrected chi connectivity index (χ0v) is 13.3. The van der Waals surface area contributed by atoms with Gasteiger partial charge in [-0.15, -0.1) is 0 Å². The van der Waals surface area contributed by atoms with Crippen LogP contribution in [0.5, 0.6) is 0 Å². The number of carbonyl (C=O) groups excluding carboxylic acids is 3. The molecule has 6 nitrogen and oxygen atoms in total. The molecule has 6 heteroatoms. The number of amides is 1. The number of nitrogens with one attached hydrogen (secondary N) is 2. The summed E-state index contributed by atoms with van der Waals surface area (Å²) < 4.78 is 0. The fourth-order valence-corrected chi connectivity index (χ4v) is 2.25. The lowest BCUT2D eigenvalue weighted by Crippen LogP contribution is -2.24. The molecule has 2 rings (SSSR count). The maximum atomic E-state index is 12.5. The zero-order valence-electron chi connectivity index (χ0n) is 13.3. The van der Waals surface area contributed by atoms with Crippen molar-refractivity contribution in [1.29, 1.82) is 0 Å². The molecule has 124 valence electrons. The van der Waals surface area contributed by atoms with E-state index in [-0.39, 0.29) is 30.6 Å². The molecule has 0 radical (unpaired) electrons. The molecule has 0 saturated carbocycles. The minimum atomic E-state index is -0.370. The van der Waals surface area contributed by atoms with Gasteiger partial charge in [-0.1, -0.05) is 24.3 Å². The molecule has 0 aliphatic heterocycles. The predicted molar refractivity (Wildman–Crippen MR) is 93.4 cm³/mol. The van der Waals surface area contributed by atoms with Crippen molar-refractivity contribution >= 4 is 28.8 Å². The summed E-state index contributed by atoms with van der Waals surface area (Å²) in [4.78, 5) is 35.5. The Balaban J connectivity index is 2.14. The number of ketones is 2. The van der Waals surface area contributed by atoms with Crippen molar-refractivity contribution in [3.8, 4) is 0 Å². The Bertz CT molecular complexity index is 772. The Labute approximate surface area is 140 Å². The molecule has 0 spiro atoms. The first-order valence-corrected chi connectivity index (χ1v) is 7.49. The van der Waals surface area contributed by atoms with Crippen LogP contribution >= 0.6 is 0 Å². The smallest absolute Gasteiger partial charge is 0.238 e. The summed E-state index contributed by atoms with van der Waals surface area (Å²) in [6, 6.07) is 13.7. The number of anilines is 2. The number of carbonyl (C=O) groups is 3. The van der Waals surface area contributed by atoms with Gasteiger partial charge in [-0.25, -0.2) is 0 Å². The Kier molecular flexibility index (Phi) is 5.81. The SMILES string of the molecule is CC(=O)c1ccccc1NCC(=O)c1ccccc1NC(=O)CN. The van der Waals surface area contributed by atoms with E-state index in [1.165, 1.54) is 6.92 Å². The second kappa shape index (κ2) is 8.03. The molecular formula is C18H19N3O3. The van der Waals surface area contributed by atoms with Crippen molar-refractivity contribution in [3.05, 3.63) is 59.7 Å². The van der Waals surface area contributed by atoms with Crippen LogP contribution in [0.15, 0.2) is 48.5 Å². The molecule has 2 aromatic carbocycles. The second-order valence-corrected chi connectivity index (χ2v) is 5.18. The molecule has 1 amide bonds. The van der Waals surface area contributed by atoms with E-state index < -0.39 is 0 Å². The third-order valence-electron chi connectivity index (χ3n) is 3.43. The van der Waals surface area contributed by atoms with Crippen molar-refractivity contribution < 1.29 is 14.4 Å². The normalized spacial score (nSPS) is 10.1. The van der Waals surface area contributed by atoms with Crippen molar-refractivity contribution in [2.45, 2.75) is 6.92 Å². The first-order chi connectivity index (χ1) is 11.5. The van der Waals surface area contributed by atoms with Crippen LogP contribution in [0.4, 0.5) is 11.4 Å². The summed E-state index contributed by atoms with van der Waals surface area (Å²) in [5.41, 5.74) is 7.20. The highest BCUT2D eigenvalue weighted by atomic mass is 16.2. The number of hydrogen-bond donors (Lipinski definition) is 3.